The van der Waals surface area contributed by atoms with Crippen LogP contribution in [0.5, 0.6) is 0 Å². The minimum atomic E-state index is -0.264. The lowest BCUT2D eigenvalue weighted by molar-refractivity contribution is -0.125. The summed E-state index contributed by atoms with van der Waals surface area (Å²) in [5.41, 5.74) is 1.12. The first-order chi connectivity index (χ1) is 13.1. The minimum absolute atomic E-state index is 0.122. The van der Waals surface area contributed by atoms with Gasteiger partial charge in [-0.25, -0.2) is 0 Å². The van der Waals surface area contributed by atoms with Crippen molar-refractivity contribution in [3.8, 4) is 0 Å². The van der Waals surface area contributed by atoms with E-state index in [0.717, 1.165) is 52.1 Å². The minimum Gasteiger partial charge on any atom is -0.380 e. The van der Waals surface area contributed by atoms with E-state index >= 15 is 0 Å². The zero-order valence-corrected chi connectivity index (χ0v) is 16.0. The largest absolute Gasteiger partial charge is 0.380 e. The number of carbonyl (C=O) groups excluding carboxylic acids is 1. The molecule has 9 heteroatoms. The van der Waals surface area contributed by atoms with Crippen LogP contribution in [0.2, 0.25) is 0 Å². The van der Waals surface area contributed by atoms with E-state index in [1.165, 1.54) is 0 Å². The summed E-state index contributed by atoms with van der Waals surface area (Å²) in [5.74, 6) is -0.264. The van der Waals surface area contributed by atoms with Gasteiger partial charge in [-0.3, -0.25) is 14.2 Å². The van der Waals surface area contributed by atoms with Gasteiger partial charge < -0.3 is 15.0 Å². The molecule has 0 spiro atoms. The van der Waals surface area contributed by atoms with Crippen molar-refractivity contribution in [1.82, 2.24) is 29.7 Å². The van der Waals surface area contributed by atoms with Crippen LogP contribution in [0.25, 0.3) is 0 Å². The number of hydrogen-bond donors (Lipinski definition) is 1. The van der Waals surface area contributed by atoms with Crippen molar-refractivity contribution in [2.45, 2.75) is 38.8 Å². The first-order valence-corrected chi connectivity index (χ1v) is 9.59. The van der Waals surface area contributed by atoms with Gasteiger partial charge >= 0.3 is 0 Å². The molecule has 1 amide bonds. The van der Waals surface area contributed by atoms with E-state index in [2.05, 4.69) is 39.6 Å². The summed E-state index contributed by atoms with van der Waals surface area (Å²) in [6.45, 7) is 6.48. The van der Waals surface area contributed by atoms with Crippen molar-refractivity contribution < 1.29 is 9.53 Å². The molecule has 2 saturated heterocycles. The highest BCUT2D eigenvalue weighted by molar-refractivity contribution is 6.02. The number of likely N-dealkylation sites (tertiary alicyclic amines) is 1. The summed E-state index contributed by atoms with van der Waals surface area (Å²) >= 11 is 0. The molecule has 4 rings (SSSR count). The Morgan fingerprint density at radius 1 is 1.33 bits per heavy atom. The van der Waals surface area contributed by atoms with Crippen molar-refractivity contribution in [3.05, 3.63) is 24.3 Å². The summed E-state index contributed by atoms with van der Waals surface area (Å²) in [6.07, 6.45) is 8.46. The van der Waals surface area contributed by atoms with E-state index in [1.54, 1.807) is 17.1 Å². The maximum absolute atomic E-state index is 12.5. The molecule has 9 nitrogen and oxygen atoms in total. The molecule has 0 bridgehead atoms. The van der Waals surface area contributed by atoms with Crippen LogP contribution in [-0.4, -0.2) is 68.9 Å². The predicted octanol–water partition coefficient (Wildman–Crippen LogP) is 1.42. The molecule has 1 N–H and O–H groups in total. The molecule has 0 saturated carbocycles. The smallest absolute Gasteiger partial charge is 0.277 e. The Bertz CT molecular complexity index is 782. The quantitative estimate of drug-likeness (QED) is 0.824. The van der Waals surface area contributed by atoms with Crippen LogP contribution < -0.4 is 5.32 Å². The molecule has 2 aromatic heterocycles. The second-order valence-corrected chi connectivity index (χ2v) is 7.85. The Labute approximate surface area is 158 Å². The van der Waals surface area contributed by atoms with Crippen LogP contribution in [0.15, 0.2) is 18.6 Å². The van der Waals surface area contributed by atoms with Gasteiger partial charge in [0.2, 0.25) is 0 Å². The SMILES string of the molecule is CCC1(Cn2cc(C(=O)Nc3cnn(C4CCN(C)CC4)c3)nn2)COC1. The zero-order valence-electron chi connectivity index (χ0n) is 16.0. The third kappa shape index (κ3) is 3.89. The van der Waals surface area contributed by atoms with Crippen molar-refractivity contribution in [2.75, 3.05) is 38.7 Å². The maximum Gasteiger partial charge on any atom is 0.277 e. The normalized spacial score (nSPS) is 20.4. The van der Waals surface area contributed by atoms with Gasteiger partial charge in [-0.15, -0.1) is 5.10 Å². The average Bonchev–Trinajstić information content (AvgIpc) is 3.28. The molecule has 2 aromatic rings. The topological polar surface area (TPSA) is 90.1 Å². The Morgan fingerprint density at radius 2 is 2.11 bits per heavy atom. The molecule has 2 aliphatic heterocycles. The highest BCUT2D eigenvalue weighted by atomic mass is 16.5. The van der Waals surface area contributed by atoms with Crippen LogP contribution in [0.1, 0.15) is 42.7 Å². The molecule has 0 aliphatic carbocycles. The maximum atomic E-state index is 12.5. The number of ether oxygens (including phenoxy) is 1. The van der Waals surface area contributed by atoms with Gasteiger partial charge in [-0.2, -0.15) is 5.10 Å². The summed E-state index contributed by atoms with van der Waals surface area (Å²) in [6, 6.07) is 0.391. The van der Waals surface area contributed by atoms with Crippen LogP contribution in [0.4, 0.5) is 5.69 Å². The van der Waals surface area contributed by atoms with Gasteiger partial charge in [-0.1, -0.05) is 12.1 Å². The number of carbonyl (C=O) groups is 1. The Balaban J connectivity index is 1.35. The molecule has 2 fully saturated rings. The van der Waals surface area contributed by atoms with E-state index < -0.39 is 0 Å². The van der Waals surface area contributed by atoms with E-state index in [-0.39, 0.29) is 11.3 Å². The second-order valence-electron chi connectivity index (χ2n) is 7.85. The van der Waals surface area contributed by atoms with E-state index in [0.29, 0.717) is 17.4 Å². The van der Waals surface area contributed by atoms with Gasteiger partial charge in [0.1, 0.15) is 0 Å². The van der Waals surface area contributed by atoms with Gasteiger partial charge in [0.15, 0.2) is 5.69 Å². The lowest BCUT2D eigenvalue weighted by atomic mass is 9.83. The highest BCUT2D eigenvalue weighted by Gasteiger charge is 2.37. The molecule has 4 heterocycles. The molecular weight excluding hydrogens is 346 g/mol. The van der Waals surface area contributed by atoms with Crippen LogP contribution in [-0.2, 0) is 11.3 Å². The number of piperidine rings is 1. The number of nitrogens with one attached hydrogen (secondary N) is 1. The number of aromatic nitrogens is 5. The number of amides is 1. The number of nitrogens with zero attached hydrogens (tertiary/aromatic N) is 6. The number of hydrogen-bond acceptors (Lipinski definition) is 6. The second kappa shape index (κ2) is 7.40. The van der Waals surface area contributed by atoms with Crippen LogP contribution in [0, 0.1) is 5.41 Å². The van der Waals surface area contributed by atoms with Gasteiger partial charge in [0.25, 0.3) is 5.91 Å². The summed E-state index contributed by atoms with van der Waals surface area (Å²) in [7, 11) is 2.14. The molecule has 0 radical (unpaired) electrons. The third-order valence-corrected chi connectivity index (χ3v) is 5.76. The zero-order chi connectivity index (χ0) is 18.9. The van der Waals surface area contributed by atoms with Crippen LogP contribution >= 0.6 is 0 Å². The molecule has 0 aromatic carbocycles. The molecular formula is C18H27N7O2. The number of anilines is 1. The van der Waals surface area contributed by atoms with Crippen molar-refractivity contribution in [2.24, 2.45) is 5.41 Å². The Kier molecular flexibility index (Phi) is 4.96. The Morgan fingerprint density at radius 3 is 2.78 bits per heavy atom. The monoisotopic (exact) mass is 373 g/mol. The fourth-order valence-electron chi connectivity index (χ4n) is 3.68. The summed E-state index contributed by atoms with van der Waals surface area (Å²) in [4.78, 5) is 14.8. The van der Waals surface area contributed by atoms with E-state index in [4.69, 9.17) is 4.74 Å². The number of rotatable bonds is 6. The average molecular weight is 373 g/mol. The predicted molar refractivity (Wildman–Crippen MR) is 99.5 cm³/mol. The molecule has 146 valence electrons. The molecule has 0 unspecified atom stereocenters. The lowest BCUT2D eigenvalue weighted by Crippen LogP contribution is -2.45. The van der Waals surface area contributed by atoms with E-state index in [1.807, 2.05) is 10.9 Å². The van der Waals surface area contributed by atoms with E-state index in [9.17, 15) is 4.79 Å². The fraction of sp³-hybridized carbons (Fsp3) is 0.667. The third-order valence-electron chi connectivity index (χ3n) is 5.76. The van der Waals surface area contributed by atoms with Gasteiger partial charge in [0.05, 0.1) is 43.9 Å². The van der Waals surface area contributed by atoms with Gasteiger partial charge in [-0.05, 0) is 39.4 Å². The molecule has 27 heavy (non-hydrogen) atoms. The summed E-state index contributed by atoms with van der Waals surface area (Å²) < 4.78 is 9.04. The van der Waals surface area contributed by atoms with Crippen molar-refractivity contribution in [3.63, 3.8) is 0 Å². The first-order valence-electron chi connectivity index (χ1n) is 9.59. The molecule has 0 atom stereocenters. The Hall–Kier alpha value is -2.26. The fourth-order valence-corrected chi connectivity index (χ4v) is 3.68. The van der Waals surface area contributed by atoms with Crippen molar-refractivity contribution in [1.29, 1.82) is 0 Å². The van der Waals surface area contributed by atoms with Crippen LogP contribution in [0.3, 0.4) is 0 Å². The highest BCUT2D eigenvalue weighted by Crippen LogP contribution is 2.32. The lowest BCUT2D eigenvalue weighted by Gasteiger charge is -2.40. The van der Waals surface area contributed by atoms with Crippen molar-refractivity contribution >= 4 is 11.6 Å². The summed E-state index contributed by atoms with van der Waals surface area (Å²) in [5, 5.41) is 15.4. The molecule has 2 aliphatic rings. The standard InChI is InChI=1S/C18H27N7O2/c1-3-18(12-27-13-18)11-24-10-16(21-22-24)17(26)20-14-8-19-25(9-14)15-4-6-23(2)7-5-15/h8-10,15H,3-7,11-13H2,1-2H3,(H,20,26). The van der Waals surface area contributed by atoms with Gasteiger partial charge in [0, 0.05) is 11.6 Å². The first kappa shape index (κ1) is 18.1.